The van der Waals surface area contributed by atoms with Gasteiger partial charge in [-0.1, -0.05) is 39.5 Å². The first-order chi connectivity index (χ1) is 22.5. The van der Waals surface area contributed by atoms with Gasteiger partial charge < -0.3 is 37.4 Å². The quantitative estimate of drug-likeness (QED) is 0.132. The Labute approximate surface area is 282 Å². The van der Waals surface area contributed by atoms with E-state index in [1.165, 1.54) is 19.0 Å². The molecule has 9 N–H and O–H groups in total. The predicted octanol–water partition coefficient (Wildman–Crippen LogP) is 2.15. The number of hydrogen-bond donors (Lipinski definition) is 6. The highest BCUT2D eigenvalue weighted by Gasteiger charge is 2.74. The Morgan fingerprint density at radius 2 is 1.60 bits per heavy atom. The number of primary amides is 1. The second-order valence-corrected chi connectivity index (χ2v) is 14.1. The number of aliphatic hydroxyl groups excluding tert-OH is 2. The second-order valence-electron chi connectivity index (χ2n) is 14.1. The fraction of sp³-hybridized carbons (Fsp3) is 0.600. The summed E-state index contributed by atoms with van der Waals surface area (Å²) in [6.45, 7) is 6.32. The molecule has 1 aromatic carbocycles. The van der Waals surface area contributed by atoms with Gasteiger partial charge in [0.25, 0.3) is 5.91 Å². The van der Waals surface area contributed by atoms with E-state index in [0.29, 0.717) is 23.4 Å². The van der Waals surface area contributed by atoms with Crippen LogP contribution in [0.5, 0.6) is 5.75 Å². The number of phenols is 1. The lowest BCUT2D eigenvalue weighted by molar-refractivity contribution is -0.139. The molecule has 1 fully saturated rings. The van der Waals surface area contributed by atoms with Crippen molar-refractivity contribution in [1.29, 1.82) is 5.26 Å². The number of carbonyl (C=O) groups excluding carboxylic acids is 3. The average Bonchev–Trinajstić information content (AvgIpc) is 2.97. The molecule has 0 bridgehead atoms. The maximum Gasteiger partial charge on any atom is 0.255 e. The number of amides is 1. The van der Waals surface area contributed by atoms with Gasteiger partial charge >= 0.3 is 0 Å². The van der Waals surface area contributed by atoms with Crippen molar-refractivity contribution in [3.8, 4) is 11.8 Å². The Balaban J connectivity index is 1.98. The van der Waals surface area contributed by atoms with Crippen LogP contribution >= 0.6 is 0 Å². The molecule has 0 spiro atoms. The molecule has 0 heterocycles. The van der Waals surface area contributed by atoms with E-state index in [-0.39, 0.29) is 17.7 Å². The largest absolute Gasteiger partial charge is 0.509 e. The molecular formula is C35H51N7O6. The van der Waals surface area contributed by atoms with Crippen molar-refractivity contribution < 1.29 is 29.7 Å². The molecule has 1 aromatic rings. The van der Waals surface area contributed by atoms with Gasteiger partial charge in [-0.25, -0.2) is 0 Å². The lowest BCUT2D eigenvalue weighted by Crippen LogP contribution is -2.80. The van der Waals surface area contributed by atoms with E-state index in [1.54, 1.807) is 0 Å². The minimum Gasteiger partial charge on any atom is -0.509 e. The highest BCUT2D eigenvalue weighted by atomic mass is 16.3. The van der Waals surface area contributed by atoms with Crippen LogP contribution in [0.25, 0.3) is 5.76 Å². The zero-order valence-corrected chi connectivity index (χ0v) is 29.0. The predicted molar refractivity (Wildman–Crippen MR) is 183 cm³/mol. The molecule has 0 saturated heterocycles. The molecule has 13 heteroatoms. The van der Waals surface area contributed by atoms with Gasteiger partial charge in [-0.3, -0.25) is 24.2 Å². The molecule has 0 unspecified atom stereocenters. The maximum atomic E-state index is 14.7. The minimum atomic E-state index is -2.70. The van der Waals surface area contributed by atoms with E-state index in [0.717, 1.165) is 51.6 Å². The van der Waals surface area contributed by atoms with Crippen molar-refractivity contribution in [1.82, 2.24) is 9.80 Å². The molecule has 13 nitrogen and oxygen atoms in total. The Hall–Kier alpha value is -3.96. The summed E-state index contributed by atoms with van der Waals surface area (Å²) in [5.74, 6) is -5.45. The number of Topliss-reactive ketones (excluding diaryl/α,β-unsaturated/α-hetero) is 2. The third-order valence-electron chi connectivity index (χ3n) is 10.3. The standard InChI is InChI=1S/C35H51N7O6/c1-7-9-11-13-42(14-12-10-8-2)17-20-15-22(40(3)4)21-16-33(38)18-35(39)29(41(5)6)28(45)24(32(37)48)30(46)34(35,19-36)31(47)25(33)27(44)23(21)26(20)43/h15,29,43-44,46H,7-14,16-18,38-39H2,1-6H3,(H2,37,48)/t29-,33-,34+,35-/m1/s1. The molecule has 1 saturated carbocycles. The molecule has 4 rings (SSSR count). The summed E-state index contributed by atoms with van der Waals surface area (Å²) >= 11 is 0. The zero-order valence-electron chi connectivity index (χ0n) is 29.0. The molecule has 262 valence electrons. The number of hydrogen-bond acceptors (Lipinski definition) is 12. The first-order valence-corrected chi connectivity index (χ1v) is 16.7. The molecular weight excluding hydrogens is 614 g/mol. The normalized spacial score (nSPS) is 26.8. The number of unbranched alkanes of at least 4 members (excludes halogenated alkanes) is 4. The Morgan fingerprint density at radius 1 is 1.02 bits per heavy atom. The summed E-state index contributed by atoms with van der Waals surface area (Å²) in [7, 11) is 6.63. The molecule has 3 aliphatic rings. The van der Waals surface area contributed by atoms with Gasteiger partial charge in [0.15, 0.2) is 17.0 Å². The van der Waals surface area contributed by atoms with Crippen molar-refractivity contribution in [3.05, 3.63) is 39.7 Å². The number of aliphatic hydroxyl groups is 2. The van der Waals surface area contributed by atoms with Crippen LogP contribution < -0.4 is 22.1 Å². The number of ketones is 2. The van der Waals surface area contributed by atoms with E-state index >= 15 is 0 Å². The summed E-state index contributed by atoms with van der Waals surface area (Å²) < 4.78 is 0. The van der Waals surface area contributed by atoms with Crippen molar-refractivity contribution in [2.45, 2.75) is 88.9 Å². The summed E-state index contributed by atoms with van der Waals surface area (Å²) in [6, 6.07) is 2.24. The number of benzene rings is 1. The number of rotatable bonds is 13. The van der Waals surface area contributed by atoms with Crippen LogP contribution in [-0.2, 0) is 27.3 Å². The van der Waals surface area contributed by atoms with Crippen molar-refractivity contribution in [3.63, 3.8) is 0 Å². The molecule has 0 radical (unpaired) electrons. The number of aromatic hydroxyl groups is 1. The van der Waals surface area contributed by atoms with E-state index < -0.39 is 69.1 Å². The summed E-state index contributed by atoms with van der Waals surface area (Å²) in [4.78, 5) is 46.3. The molecule has 48 heavy (non-hydrogen) atoms. The van der Waals surface area contributed by atoms with Crippen molar-refractivity contribution in [2.24, 2.45) is 22.6 Å². The fourth-order valence-corrected chi connectivity index (χ4v) is 8.14. The molecule has 0 aromatic heterocycles. The Morgan fingerprint density at radius 3 is 2.08 bits per heavy atom. The highest BCUT2D eigenvalue weighted by molar-refractivity contribution is 6.25. The highest BCUT2D eigenvalue weighted by Crippen LogP contribution is 2.59. The van der Waals surface area contributed by atoms with Crippen molar-refractivity contribution in [2.75, 3.05) is 46.2 Å². The minimum absolute atomic E-state index is 0.00921. The number of carbonyl (C=O) groups is 3. The van der Waals surface area contributed by atoms with E-state index in [9.17, 15) is 35.0 Å². The lowest BCUT2D eigenvalue weighted by Gasteiger charge is -2.58. The number of likely N-dealkylation sites (N-methyl/N-ethyl adjacent to an activating group) is 1. The maximum absolute atomic E-state index is 14.7. The Kier molecular flexibility index (Phi) is 10.4. The summed E-state index contributed by atoms with van der Waals surface area (Å²) in [6.07, 6.45) is 5.75. The SMILES string of the molecule is CCCCCN(CCCCC)Cc1cc(N(C)C)c2c(c1O)C(O)=C1C(=O)[C@]3(C#N)C(O)=C(C(N)=O)C(=O)[C@@H](N(C)C)[C@]3(N)C[C@]1(N)C2. The van der Waals surface area contributed by atoms with Crippen LogP contribution in [0.3, 0.4) is 0 Å². The van der Waals surface area contributed by atoms with Gasteiger partial charge in [0.05, 0.1) is 34.3 Å². The molecule has 1 amide bonds. The van der Waals surface area contributed by atoms with Crippen LogP contribution in [0, 0.1) is 16.7 Å². The molecule has 4 atom stereocenters. The van der Waals surface area contributed by atoms with Crippen LogP contribution in [0.15, 0.2) is 23.0 Å². The summed E-state index contributed by atoms with van der Waals surface area (Å²) in [5.41, 5.74) is 13.3. The number of anilines is 1. The van der Waals surface area contributed by atoms with Gasteiger partial charge in [0.2, 0.25) is 0 Å². The van der Waals surface area contributed by atoms with Gasteiger partial charge in [-0.2, -0.15) is 5.26 Å². The summed E-state index contributed by atoms with van der Waals surface area (Å²) in [5, 5.41) is 46.0. The van der Waals surface area contributed by atoms with Crippen molar-refractivity contribution >= 4 is 28.9 Å². The number of nitrogens with zero attached hydrogens (tertiary/aromatic N) is 4. The first kappa shape index (κ1) is 36.9. The lowest BCUT2D eigenvalue weighted by atomic mass is 9.47. The van der Waals surface area contributed by atoms with Gasteiger partial charge in [-0.15, -0.1) is 0 Å². The molecule has 0 aliphatic heterocycles. The average molecular weight is 666 g/mol. The first-order valence-electron chi connectivity index (χ1n) is 16.7. The number of nitrogens with two attached hydrogens (primary N) is 3. The van der Waals surface area contributed by atoms with Crippen LogP contribution in [-0.4, -0.2) is 101 Å². The molecule has 3 aliphatic carbocycles. The van der Waals surface area contributed by atoms with Gasteiger partial charge in [-0.05, 0) is 64.5 Å². The van der Waals surface area contributed by atoms with Crippen LogP contribution in [0.4, 0.5) is 5.69 Å². The Bertz CT molecular complexity index is 1600. The van der Waals surface area contributed by atoms with Gasteiger partial charge in [0.1, 0.15) is 22.8 Å². The number of fused-ring (bicyclic) bond motifs is 3. The van der Waals surface area contributed by atoms with E-state index in [4.69, 9.17) is 17.2 Å². The smallest absolute Gasteiger partial charge is 0.255 e. The van der Waals surface area contributed by atoms with Crippen LogP contribution in [0.1, 0.15) is 75.5 Å². The zero-order chi connectivity index (χ0) is 35.9. The monoisotopic (exact) mass is 665 g/mol. The van der Waals surface area contributed by atoms with E-state index in [2.05, 4.69) is 18.7 Å². The fourth-order valence-electron chi connectivity index (χ4n) is 8.14. The van der Waals surface area contributed by atoms with Crippen LogP contribution in [0.2, 0.25) is 0 Å². The second kappa shape index (κ2) is 13.5. The third-order valence-corrected chi connectivity index (χ3v) is 10.3. The van der Waals surface area contributed by atoms with Gasteiger partial charge in [0, 0.05) is 31.9 Å². The number of phenolic OH excluding ortho intramolecular Hbond substituents is 1. The topological polar surface area (TPSA) is 223 Å². The third kappa shape index (κ3) is 5.54. The number of nitriles is 1. The van der Waals surface area contributed by atoms with E-state index in [1.807, 2.05) is 31.1 Å².